The number of rotatable bonds is 6. The molecule has 0 atom stereocenters. The maximum absolute atomic E-state index is 11.1. The fourth-order valence-electron chi connectivity index (χ4n) is 1.91. The lowest BCUT2D eigenvalue weighted by atomic mass is 10.1. The van der Waals surface area contributed by atoms with Gasteiger partial charge in [0.15, 0.2) is 0 Å². The van der Waals surface area contributed by atoms with Gasteiger partial charge in [0.1, 0.15) is 0 Å². The Kier molecular flexibility index (Phi) is 7.11. The quantitative estimate of drug-likeness (QED) is 0.459. The number of carbonyl (C=O) groups is 1. The third-order valence-electron chi connectivity index (χ3n) is 2.83. The lowest BCUT2D eigenvalue weighted by Gasteiger charge is -2.29. The van der Waals surface area contributed by atoms with Crippen LogP contribution in [0.3, 0.4) is 0 Å². The lowest BCUT2D eigenvalue weighted by Crippen LogP contribution is -2.34. The number of alkyl halides is 1. The minimum Gasteiger partial charge on any atom is -0.466 e. The van der Waals surface area contributed by atoms with Crippen LogP contribution in [0, 0.1) is 3.56 Å². The average molecular weight is 340 g/mol. The highest BCUT2D eigenvalue weighted by atomic mass is 127. The summed E-state index contributed by atoms with van der Waals surface area (Å²) in [6.45, 7) is 5.56. The third kappa shape index (κ3) is 5.34. The van der Waals surface area contributed by atoms with Crippen molar-refractivity contribution in [2.45, 2.75) is 36.5 Å². The first-order valence-electron chi connectivity index (χ1n) is 5.93. The molecule has 1 aliphatic rings. The molecule has 1 aliphatic heterocycles. The van der Waals surface area contributed by atoms with E-state index in [0.717, 1.165) is 26.1 Å². The van der Waals surface area contributed by atoms with E-state index in [1.165, 1.54) is 12.8 Å². The number of piperidine rings is 1. The second kappa shape index (κ2) is 8.11. The molecule has 0 unspecified atom stereocenters. The summed E-state index contributed by atoms with van der Waals surface area (Å²) in [5.74, 6) is -0.0746. The minimum atomic E-state index is -0.313. The molecular weight excluding hydrogens is 319 g/mol. The Morgan fingerprint density at radius 3 is 2.75 bits per heavy atom. The van der Waals surface area contributed by atoms with Gasteiger partial charge in [-0.1, -0.05) is 0 Å². The van der Waals surface area contributed by atoms with E-state index in [-0.39, 0.29) is 27.0 Å². The molecule has 0 aliphatic carbocycles. The van der Waals surface area contributed by atoms with Crippen molar-refractivity contribution in [3.05, 3.63) is 0 Å². The van der Waals surface area contributed by atoms with E-state index in [2.05, 4.69) is 4.90 Å². The zero-order valence-electron chi connectivity index (χ0n) is 9.88. The molecule has 4 nitrogen and oxygen atoms in total. The third-order valence-corrected chi connectivity index (χ3v) is 4.96. The standard InChI is InChI=1S/C11H21IN2O2/c1-2-16-11(15)4-3-7-14-8-5-10(12-13)6-9-14/h10,13H,2-9H2,1H3. The van der Waals surface area contributed by atoms with Gasteiger partial charge in [0.25, 0.3) is 0 Å². The zero-order chi connectivity index (χ0) is 11.8. The first-order valence-corrected chi connectivity index (χ1v) is 8.25. The van der Waals surface area contributed by atoms with Crippen molar-refractivity contribution in [3.63, 3.8) is 0 Å². The molecule has 0 saturated carbocycles. The van der Waals surface area contributed by atoms with Crippen molar-refractivity contribution in [3.8, 4) is 0 Å². The highest BCUT2D eigenvalue weighted by Crippen LogP contribution is 2.21. The summed E-state index contributed by atoms with van der Waals surface area (Å²) >= 11 is -0.313. The van der Waals surface area contributed by atoms with Crippen molar-refractivity contribution in [2.75, 3.05) is 26.2 Å². The number of hydrogen-bond donors (Lipinski definition) is 1. The summed E-state index contributed by atoms with van der Waals surface area (Å²) in [4.78, 5) is 13.5. The van der Waals surface area contributed by atoms with Gasteiger partial charge in [-0.15, -0.1) is 0 Å². The van der Waals surface area contributed by atoms with Crippen molar-refractivity contribution in [1.29, 1.82) is 3.56 Å². The van der Waals surface area contributed by atoms with Gasteiger partial charge in [-0.05, 0) is 66.9 Å². The molecule has 0 spiro atoms. The number of ether oxygens (including phenoxy) is 1. The van der Waals surface area contributed by atoms with Gasteiger partial charge < -0.3 is 9.64 Å². The molecule has 1 rings (SSSR count). The molecule has 0 radical (unpaired) electrons. The molecule has 0 amide bonds. The van der Waals surface area contributed by atoms with E-state index >= 15 is 0 Å². The summed E-state index contributed by atoms with van der Waals surface area (Å²) in [5, 5.41) is 0. The van der Waals surface area contributed by atoms with Gasteiger partial charge >= 0.3 is 5.97 Å². The first kappa shape index (κ1) is 14.0. The molecule has 5 heteroatoms. The molecule has 1 fully saturated rings. The second-order valence-corrected chi connectivity index (χ2v) is 6.42. The normalized spacial score (nSPS) is 18.6. The number of likely N-dealkylation sites (tertiary alicyclic amines) is 1. The van der Waals surface area contributed by atoms with Gasteiger partial charge in [0.05, 0.1) is 6.61 Å². The fourth-order valence-corrected chi connectivity index (χ4v) is 3.09. The highest BCUT2D eigenvalue weighted by Gasteiger charge is 2.17. The number of halogens is 1. The zero-order valence-corrected chi connectivity index (χ0v) is 12.0. The van der Waals surface area contributed by atoms with Crippen LogP contribution in [0.15, 0.2) is 0 Å². The van der Waals surface area contributed by atoms with Crippen LogP contribution < -0.4 is 0 Å². The Balaban J connectivity index is 2.06. The highest BCUT2D eigenvalue weighted by molar-refractivity contribution is 14.1. The van der Waals surface area contributed by atoms with E-state index in [9.17, 15) is 4.79 Å². The van der Waals surface area contributed by atoms with E-state index in [1.807, 2.05) is 6.92 Å². The monoisotopic (exact) mass is 340 g/mol. The Bertz CT molecular complexity index is 228. The SMILES string of the molecule is CCOC(=O)CCCN1CCC(I=N)CC1. The van der Waals surface area contributed by atoms with Gasteiger partial charge in [-0.3, -0.25) is 8.36 Å². The van der Waals surface area contributed by atoms with Crippen LogP contribution in [0.1, 0.15) is 32.6 Å². The summed E-state index contributed by atoms with van der Waals surface area (Å²) in [7, 11) is 0. The van der Waals surface area contributed by atoms with Crippen LogP contribution in [0.5, 0.6) is 0 Å². The van der Waals surface area contributed by atoms with Gasteiger partial charge in [0, 0.05) is 10.3 Å². The van der Waals surface area contributed by atoms with Crippen LogP contribution in [-0.2, 0) is 9.53 Å². The van der Waals surface area contributed by atoms with Crippen molar-refractivity contribution in [2.24, 2.45) is 0 Å². The van der Waals surface area contributed by atoms with Crippen LogP contribution in [0.25, 0.3) is 0 Å². The van der Waals surface area contributed by atoms with Gasteiger partial charge in [0.2, 0.25) is 0 Å². The summed E-state index contributed by atoms with van der Waals surface area (Å²) < 4.78 is 13.0. The molecule has 94 valence electrons. The van der Waals surface area contributed by atoms with Crippen molar-refractivity contribution in [1.82, 2.24) is 4.90 Å². The fraction of sp³-hybridized carbons (Fsp3) is 0.909. The number of hydrogen-bond acceptors (Lipinski definition) is 4. The number of carbonyl (C=O) groups excluding carboxylic acids is 1. The van der Waals surface area contributed by atoms with Crippen LogP contribution in [0.2, 0.25) is 0 Å². The molecule has 0 aromatic rings. The van der Waals surface area contributed by atoms with Gasteiger partial charge in [-0.2, -0.15) is 0 Å². The minimum absolute atomic E-state index is 0.0746. The smallest absolute Gasteiger partial charge is 0.305 e. The average Bonchev–Trinajstić information content (AvgIpc) is 2.30. The molecule has 1 N–H and O–H groups in total. The van der Waals surface area contributed by atoms with E-state index in [4.69, 9.17) is 8.30 Å². The first-order chi connectivity index (χ1) is 7.76. The number of nitrogens with one attached hydrogen (secondary N) is 1. The van der Waals surface area contributed by atoms with Crippen molar-refractivity contribution >= 4 is 27.0 Å². The Hall–Kier alpha value is -0.0400. The number of esters is 1. The summed E-state index contributed by atoms with van der Waals surface area (Å²) in [6.07, 6.45) is 3.82. The molecule has 0 bridgehead atoms. The molecule has 0 aromatic carbocycles. The van der Waals surface area contributed by atoms with E-state index in [1.54, 1.807) is 0 Å². The summed E-state index contributed by atoms with van der Waals surface area (Å²) in [5.41, 5.74) is 0. The Morgan fingerprint density at radius 1 is 1.50 bits per heavy atom. The van der Waals surface area contributed by atoms with E-state index in [0.29, 0.717) is 17.0 Å². The predicted molar refractivity (Wildman–Crippen MR) is 72.1 cm³/mol. The van der Waals surface area contributed by atoms with Gasteiger partial charge in [-0.25, -0.2) is 0 Å². The molecular formula is C11H21IN2O2. The lowest BCUT2D eigenvalue weighted by molar-refractivity contribution is -0.143. The largest absolute Gasteiger partial charge is 0.466 e. The summed E-state index contributed by atoms with van der Waals surface area (Å²) in [6, 6.07) is 0. The topological polar surface area (TPSA) is 53.4 Å². The molecule has 1 heterocycles. The molecule has 1 saturated heterocycles. The Morgan fingerprint density at radius 2 is 2.19 bits per heavy atom. The van der Waals surface area contributed by atoms with Crippen LogP contribution in [-0.4, -0.2) is 41.0 Å². The second-order valence-electron chi connectivity index (χ2n) is 4.03. The molecule has 0 aromatic heterocycles. The van der Waals surface area contributed by atoms with Crippen LogP contribution >= 0.6 is 21.0 Å². The maximum atomic E-state index is 11.1. The molecule has 16 heavy (non-hydrogen) atoms. The number of nitrogens with zero attached hydrogens (tertiary/aromatic N) is 1. The predicted octanol–water partition coefficient (Wildman–Crippen LogP) is 2.53. The van der Waals surface area contributed by atoms with Crippen molar-refractivity contribution < 1.29 is 9.53 Å². The van der Waals surface area contributed by atoms with Crippen LogP contribution in [0.4, 0.5) is 0 Å². The maximum Gasteiger partial charge on any atom is 0.305 e. The Labute approximate surface area is 108 Å². The van der Waals surface area contributed by atoms with E-state index < -0.39 is 0 Å².